The highest BCUT2D eigenvalue weighted by atomic mass is 35.5. The first-order valence-corrected chi connectivity index (χ1v) is 9.29. The molecule has 12 heteroatoms. The number of aromatic nitrogens is 3. The zero-order valence-corrected chi connectivity index (χ0v) is 16.6. The van der Waals surface area contributed by atoms with Crippen molar-refractivity contribution in [3.63, 3.8) is 0 Å². The van der Waals surface area contributed by atoms with Gasteiger partial charge in [-0.2, -0.15) is 18.3 Å². The Morgan fingerprint density at radius 2 is 2.00 bits per heavy atom. The van der Waals surface area contributed by atoms with Crippen LogP contribution < -0.4 is 15.4 Å². The van der Waals surface area contributed by atoms with Crippen molar-refractivity contribution in [2.75, 3.05) is 30.4 Å². The van der Waals surface area contributed by atoms with E-state index in [2.05, 4.69) is 20.7 Å². The van der Waals surface area contributed by atoms with Crippen molar-refractivity contribution in [1.82, 2.24) is 14.8 Å². The summed E-state index contributed by atoms with van der Waals surface area (Å²) in [5.41, 5.74) is -0.492. The summed E-state index contributed by atoms with van der Waals surface area (Å²) in [7, 11) is 0. The van der Waals surface area contributed by atoms with Gasteiger partial charge in [-0.25, -0.2) is 9.67 Å². The Balaban J connectivity index is 1.74. The highest BCUT2D eigenvalue weighted by Gasteiger charge is 2.34. The number of amides is 1. The first-order valence-electron chi connectivity index (χ1n) is 8.91. The minimum Gasteiger partial charge on any atom is -0.491 e. The third-order valence-corrected chi connectivity index (χ3v) is 4.23. The van der Waals surface area contributed by atoms with E-state index in [0.717, 1.165) is 12.1 Å². The van der Waals surface area contributed by atoms with Crippen LogP contribution in [0.25, 0.3) is 5.69 Å². The average molecular weight is 456 g/mol. The Kier molecular flexibility index (Phi) is 6.98. The molecule has 0 spiro atoms. The monoisotopic (exact) mass is 455 g/mol. The third-order valence-electron chi connectivity index (χ3n) is 3.99. The topological polar surface area (TPSA) is 101 Å². The van der Waals surface area contributed by atoms with Gasteiger partial charge in [0, 0.05) is 10.7 Å². The van der Waals surface area contributed by atoms with Gasteiger partial charge < -0.3 is 20.5 Å². The highest BCUT2D eigenvalue weighted by Crippen LogP contribution is 2.37. The number of hydrogen-bond acceptors (Lipinski definition) is 6. The van der Waals surface area contributed by atoms with Gasteiger partial charge in [-0.1, -0.05) is 11.6 Å². The van der Waals surface area contributed by atoms with Crippen LogP contribution >= 0.6 is 11.6 Å². The van der Waals surface area contributed by atoms with Gasteiger partial charge in [0.2, 0.25) is 5.91 Å². The van der Waals surface area contributed by atoms with Gasteiger partial charge in [-0.05, 0) is 36.4 Å². The molecule has 0 atom stereocenters. The molecule has 0 unspecified atom stereocenters. The molecule has 164 valence electrons. The van der Waals surface area contributed by atoms with Crippen molar-refractivity contribution < 1.29 is 27.8 Å². The van der Waals surface area contributed by atoms with Gasteiger partial charge in [0.15, 0.2) is 0 Å². The number of aliphatic hydroxyl groups excluding tert-OH is 1. The number of rotatable bonds is 8. The molecular weight excluding hydrogens is 439 g/mol. The number of alkyl halides is 3. The molecule has 31 heavy (non-hydrogen) atoms. The van der Waals surface area contributed by atoms with E-state index in [1.165, 1.54) is 29.5 Å². The Morgan fingerprint density at radius 3 is 2.68 bits per heavy atom. The number of halogens is 4. The molecule has 0 saturated carbocycles. The van der Waals surface area contributed by atoms with Gasteiger partial charge >= 0.3 is 6.18 Å². The van der Waals surface area contributed by atoms with Crippen LogP contribution in [0, 0.1) is 0 Å². The second kappa shape index (κ2) is 9.67. The molecule has 8 nitrogen and oxygen atoms in total. The fourth-order valence-electron chi connectivity index (χ4n) is 2.68. The standard InChI is InChI=1S/C19H17ClF3N5O3/c20-12-1-4-17(28-11-24-10-26-28)16(7-12)27-18(30)9-25-15-3-2-13(31-6-5-29)8-14(15)19(21,22)23/h1-4,7-8,10-11,25,29H,5-6,9H2,(H,27,30). The summed E-state index contributed by atoms with van der Waals surface area (Å²) in [6.45, 7) is -0.912. The summed E-state index contributed by atoms with van der Waals surface area (Å²) in [4.78, 5) is 16.2. The minimum absolute atomic E-state index is 0.0484. The Hall–Kier alpha value is -3.31. The number of aliphatic hydroxyl groups is 1. The molecule has 0 saturated heterocycles. The predicted molar refractivity (Wildman–Crippen MR) is 108 cm³/mol. The summed E-state index contributed by atoms with van der Waals surface area (Å²) < 4.78 is 46.6. The van der Waals surface area contributed by atoms with E-state index < -0.39 is 24.2 Å². The average Bonchev–Trinajstić information content (AvgIpc) is 3.25. The molecule has 3 rings (SSSR count). The number of benzene rings is 2. The van der Waals surface area contributed by atoms with Gasteiger partial charge in [-0.3, -0.25) is 4.79 Å². The SMILES string of the molecule is O=C(CNc1ccc(OCCO)cc1C(F)(F)F)Nc1cc(Cl)ccc1-n1cncn1. The molecule has 1 amide bonds. The summed E-state index contributed by atoms with van der Waals surface area (Å²) in [6.07, 6.45) is -1.94. The van der Waals surface area contributed by atoms with E-state index in [9.17, 15) is 18.0 Å². The van der Waals surface area contributed by atoms with E-state index in [1.54, 1.807) is 12.1 Å². The van der Waals surface area contributed by atoms with Crippen molar-refractivity contribution in [2.45, 2.75) is 6.18 Å². The van der Waals surface area contributed by atoms with E-state index in [1.807, 2.05) is 0 Å². The first-order chi connectivity index (χ1) is 14.8. The maximum Gasteiger partial charge on any atom is 0.418 e. The molecule has 0 aliphatic carbocycles. The zero-order chi connectivity index (χ0) is 22.4. The van der Waals surface area contributed by atoms with Crippen LogP contribution in [0.2, 0.25) is 5.02 Å². The summed E-state index contributed by atoms with van der Waals surface area (Å²) in [5.74, 6) is -0.648. The normalized spacial score (nSPS) is 11.3. The minimum atomic E-state index is -4.68. The maximum atomic E-state index is 13.4. The molecule has 1 heterocycles. The van der Waals surface area contributed by atoms with Crippen molar-refractivity contribution in [3.8, 4) is 11.4 Å². The van der Waals surface area contributed by atoms with Crippen LogP contribution in [0.4, 0.5) is 24.5 Å². The number of hydrogen-bond donors (Lipinski definition) is 3. The lowest BCUT2D eigenvalue weighted by molar-refractivity contribution is -0.137. The van der Waals surface area contributed by atoms with Crippen molar-refractivity contribution >= 4 is 28.9 Å². The number of anilines is 2. The van der Waals surface area contributed by atoms with E-state index in [-0.39, 0.29) is 24.7 Å². The lowest BCUT2D eigenvalue weighted by atomic mass is 10.1. The van der Waals surface area contributed by atoms with Crippen molar-refractivity contribution in [2.24, 2.45) is 0 Å². The number of nitrogens with one attached hydrogen (secondary N) is 2. The van der Waals surface area contributed by atoms with E-state index in [4.69, 9.17) is 21.4 Å². The lowest BCUT2D eigenvalue weighted by Crippen LogP contribution is -2.24. The van der Waals surface area contributed by atoms with Crippen LogP contribution in [0.15, 0.2) is 49.1 Å². The molecular formula is C19H17ClF3N5O3. The highest BCUT2D eigenvalue weighted by molar-refractivity contribution is 6.31. The fraction of sp³-hybridized carbons (Fsp3) is 0.211. The van der Waals surface area contributed by atoms with Crippen LogP contribution in [-0.2, 0) is 11.0 Å². The molecule has 2 aromatic carbocycles. The van der Waals surface area contributed by atoms with Crippen LogP contribution in [0.3, 0.4) is 0 Å². The molecule has 1 aromatic heterocycles. The third kappa shape index (κ3) is 5.86. The second-order valence-electron chi connectivity index (χ2n) is 6.18. The first kappa shape index (κ1) is 22.4. The predicted octanol–water partition coefficient (Wildman–Crippen LogP) is 3.36. The number of ether oxygens (including phenoxy) is 1. The quantitative estimate of drug-likeness (QED) is 0.481. The number of nitrogens with zero attached hydrogens (tertiary/aromatic N) is 3. The van der Waals surface area contributed by atoms with Crippen molar-refractivity contribution in [1.29, 1.82) is 0 Å². The Labute approximate surface area is 179 Å². The molecule has 0 aliphatic heterocycles. The van der Waals surface area contributed by atoms with Gasteiger partial charge in [0.25, 0.3) is 0 Å². The van der Waals surface area contributed by atoms with E-state index >= 15 is 0 Å². The second-order valence-corrected chi connectivity index (χ2v) is 6.62. The summed E-state index contributed by atoms with van der Waals surface area (Å²) in [6, 6.07) is 7.98. The van der Waals surface area contributed by atoms with E-state index in [0.29, 0.717) is 16.4 Å². The van der Waals surface area contributed by atoms with Crippen LogP contribution in [0.1, 0.15) is 5.56 Å². The fourth-order valence-corrected chi connectivity index (χ4v) is 2.85. The summed E-state index contributed by atoms with van der Waals surface area (Å²) in [5, 5.41) is 18.2. The van der Waals surface area contributed by atoms with Crippen LogP contribution in [-0.4, -0.2) is 45.5 Å². The molecule has 3 aromatic rings. The summed E-state index contributed by atoms with van der Waals surface area (Å²) >= 11 is 5.99. The number of carbonyl (C=O) groups is 1. The largest absolute Gasteiger partial charge is 0.491 e. The Morgan fingerprint density at radius 1 is 1.19 bits per heavy atom. The molecule has 0 aliphatic rings. The van der Waals surface area contributed by atoms with Gasteiger partial charge in [0.05, 0.1) is 30.1 Å². The molecule has 0 bridgehead atoms. The van der Waals surface area contributed by atoms with Crippen LogP contribution in [0.5, 0.6) is 5.75 Å². The van der Waals surface area contributed by atoms with Gasteiger partial charge in [-0.15, -0.1) is 0 Å². The molecule has 0 radical (unpaired) electrons. The van der Waals surface area contributed by atoms with Crippen molar-refractivity contribution in [3.05, 3.63) is 59.6 Å². The smallest absolute Gasteiger partial charge is 0.418 e. The maximum absolute atomic E-state index is 13.4. The molecule has 3 N–H and O–H groups in total. The van der Waals surface area contributed by atoms with Gasteiger partial charge in [0.1, 0.15) is 25.0 Å². The number of carbonyl (C=O) groups excluding carboxylic acids is 1. The Bertz CT molecular complexity index is 1040. The zero-order valence-electron chi connectivity index (χ0n) is 15.9. The molecule has 0 fully saturated rings. The lowest BCUT2D eigenvalue weighted by Gasteiger charge is -2.17.